The van der Waals surface area contributed by atoms with Crippen molar-refractivity contribution < 1.29 is 9.53 Å². The average molecular weight is 380 g/mol. The summed E-state index contributed by atoms with van der Waals surface area (Å²) < 4.78 is 5.40. The highest BCUT2D eigenvalue weighted by Crippen LogP contribution is 2.15. The standard InChI is InChI=1S/C22H28N4O2/c1-2-28-21-10-8-19(9-11-21)18-23-24-22(27)12-13-25-14-16-26(17-15-25)20-6-4-3-5-7-20/h3-11,18H,2,12-17H2,1H3,(H,24,27)/b23-18-. The van der Waals surface area contributed by atoms with Crippen LogP contribution >= 0.6 is 0 Å². The number of anilines is 1. The molecule has 148 valence electrons. The van der Waals surface area contributed by atoms with Crippen molar-refractivity contribution in [1.82, 2.24) is 10.3 Å². The highest BCUT2D eigenvalue weighted by atomic mass is 16.5. The van der Waals surface area contributed by atoms with E-state index in [1.165, 1.54) is 5.69 Å². The smallest absolute Gasteiger partial charge is 0.241 e. The Morgan fingerprint density at radius 1 is 1.07 bits per heavy atom. The maximum absolute atomic E-state index is 12.0. The van der Waals surface area contributed by atoms with Gasteiger partial charge in [0.25, 0.3) is 0 Å². The molecule has 0 aliphatic carbocycles. The van der Waals surface area contributed by atoms with E-state index in [-0.39, 0.29) is 5.91 Å². The number of piperazine rings is 1. The molecule has 1 fully saturated rings. The first-order chi connectivity index (χ1) is 13.7. The molecule has 28 heavy (non-hydrogen) atoms. The average Bonchev–Trinajstić information content (AvgIpc) is 2.75. The van der Waals surface area contributed by atoms with Gasteiger partial charge in [-0.25, -0.2) is 5.43 Å². The Balaban J connectivity index is 1.34. The summed E-state index contributed by atoms with van der Waals surface area (Å²) in [5, 5.41) is 4.04. The Bertz CT molecular complexity index is 754. The molecule has 1 saturated heterocycles. The minimum absolute atomic E-state index is 0.0623. The summed E-state index contributed by atoms with van der Waals surface area (Å²) in [5.41, 5.74) is 4.79. The van der Waals surface area contributed by atoms with Crippen molar-refractivity contribution in [2.75, 3.05) is 44.2 Å². The second-order valence-corrected chi connectivity index (χ2v) is 6.71. The van der Waals surface area contributed by atoms with Crippen molar-refractivity contribution in [3.63, 3.8) is 0 Å². The van der Waals surface area contributed by atoms with Gasteiger partial charge in [0.2, 0.25) is 5.91 Å². The van der Waals surface area contributed by atoms with E-state index in [9.17, 15) is 4.79 Å². The van der Waals surface area contributed by atoms with Gasteiger partial charge >= 0.3 is 0 Å². The third-order valence-corrected chi connectivity index (χ3v) is 4.74. The van der Waals surface area contributed by atoms with Crippen LogP contribution in [0.25, 0.3) is 0 Å². The lowest BCUT2D eigenvalue weighted by Gasteiger charge is -2.36. The van der Waals surface area contributed by atoms with Crippen molar-refractivity contribution in [3.8, 4) is 5.75 Å². The summed E-state index contributed by atoms with van der Waals surface area (Å²) in [6, 6.07) is 18.1. The van der Waals surface area contributed by atoms with E-state index in [1.807, 2.05) is 37.3 Å². The van der Waals surface area contributed by atoms with Gasteiger partial charge in [0.05, 0.1) is 12.8 Å². The molecular formula is C22H28N4O2. The Morgan fingerprint density at radius 3 is 2.46 bits per heavy atom. The lowest BCUT2D eigenvalue weighted by atomic mass is 10.2. The summed E-state index contributed by atoms with van der Waals surface area (Å²) in [5.74, 6) is 0.767. The maximum atomic E-state index is 12.0. The third-order valence-electron chi connectivity index (χ3n) is 4.74. The molecule has 3 rings (SSSR count). The molecule has 1 aliphatic rings. The van der Waals surface area contributed by atoms with Crippen LogP contribution in [-0.4, -0.2) is 56.4 Å². The quantitative estimate of drug-likeness (QED) is 0.565. The number of ether oxygens (including phenoxy) is 1. The molecule has 0 aromatic heterocycles. The zero-order valence-electron chi connectivity index (χ0n) is 16.4. The molecule has 0 radical (unpaired) electrons. The molecule has 1 amide bonds. The number of carbonyl (C=O) groups is 1. The lowest BCUT2D eigenvalue weighted by Crippen LogP contribution is -2.47. The van der Waals surface area contributed by atoms with Crippen LogP contribution in [0.4, 0.5) is 5.69 Å². The SMILES string of the molecule is CCOc1ccc(/C=N\NC(=O)CCN2CCN(c3ccccc3)CC2)cc1. The van der Waals surface area contributed by atoms with Crippen molar-refractivity contribution in [1.29, 1.82) is 0 Å². The molecule has 0 spiro atoms. The van der Waals surface area contributed by atoms with E-state index >= 15 is 0 Å². The van der Waals surface area contributed by atoms with E-state index in [2.05, 4.69) is 44.6 Å². The molecule has 0 unspecified atom stereocenters. The fourth-order valence-electron chi connectivity index (χ4n) is 3.18. The van der Waals surface area contributed by atoms with Crippen LogP contribution < -0.4 is 15.1 Å². The van der Waals surface area contributed by atoms with Crippen molar-refractivity contribution in [3.05, 3.63) is 60.2 Å². The van der Waals surface area contributed by atoms with Crippen LogP contribution in [0.1, 0.15) is 18.9 Å². The van der Waals surface area contributed by atoms with Gasteiger partial charge in [0.1, 0.15) is 5.75 Å². The Morgan fingerprint density at radius 2 is 1.79 bits per heavy atom. The Kier molecular flexibility index (Phi) is 7.44. The highest BCUT2D eigenvalue weighted by molar-refractivity contribution is 5.82. The first kappa shape index (κ1) is 19.9. The van der Waals surface area contributed by atoms with E-state index in [4.69, 9.17) is 4.74 Å². The number of hydrogen-bond donors (Lipinski definition) is 1. The highest BCUT2D eigenvalue weighted by Gasteiger charge is 2.17. The number of hydrazone groups is 1. The van der Waals surface area contributed by atoms with E-state index < -0.39 is 0 Å². The van der Waals surface area contributed by atoms with Crippen molar-refractivity contribution >= 4 is 17.8 Å². The number of nitrogens with one attached hydrogen (secondary N) is 1. The summed E-state index contributed by atoms with van der Waals surface area (Å²) in [6.07, 6.45) is 2.10. The van der Waals surface area contributed by atoms with Gasteiger partial charge in [-0.1, -0.05) is 18.2 Å². The summed E-state index contributed by atoms with van der Waals surface area (Å²) in [4.78, 5) is 16.7. The Hall–Kier alpha value is -2.86. The third kappa shape index (κ3) is 6.09. The van der Waals surface area contributed by atoms with Crippen LogP contribution in [-0.2, 0) is 4.79 Å². The van der Waals surface area contributed by atoms with Gasteiger partial charge in [0.15, 0.2) is 0 Å². The van der Waals surface area contributed by atoms with Crippen LogP contribution in [0.15, 0.2) is 59.7 Å². The Labute approximate surface area is 166 Å². The molecular weight excluding hydrogens is 352 g/mol. The van der Waals surface area contributed by atoms with Gasteiger partial charge in [-0.15, -0.1) is 0 Å². The maximum Gasteiger partial charge on any atom is 0.241 e. The number of amides is 1. The first-order valence-electron chi connectivity index (χ1n) is 9.81. The summed E-state index contributed by atoms with van der Waals surface area (Å²) >= 11 is 0. The summed E-state index contributed by atoms with van der Waals surface area (Å²) in [7, 11) is 0. The predicted octanol–water partition coefficient (Wildman–Crippen LogP) is 2.75. The number of rotatable bonds is 8. The van der Waals surface area contributed by atoms with Gasteiger partial charge in [-0.05, 0) is 48.9 Å². The zero-order valence-corrected chi connectivity index (χ0v) is 16.4. The zero-order chi connectivity index (χ0) is 19.6. The number of nitrogens with zero attached hydrogens (tertiary/aromatic N) is 3. The van der Waals surface area contributed by atoms with Gasteiger partial charge < -0.3 is 9.64 Å². The first-order valence-corrected chi connectivity index (χ1v) is 9.81. The molecule has 1 aliphatic heterocycles. The van der Waals surface area contributed by atoms with Gasteiger partial charge in [-0.2, -0.15) is 5.10 Å². The van der Waals surface area contributed by atoms with Gasteiger partial charge in [0, 0.05) is 44.8 Å². The van der Waals surface area contributed by atoms with Crippen LogP contribution in [0.3, 0.4) is 0 Å². The van der Waals surface area contributed by atoms with Crippen LogP contribution in [0.5, 0.6) is 5.75 Å². The summed E-state index contributed by atoms with van der Waals surface area (Å²) in [6.45, 7) is 7.27. The normalized spacial score (nSPS) is 15.0. The number of carbonyl (C=O) groups excluding carboxylic acids is 1. The lowest BCUT2D eigenvalue weighted by molar-refractivity contribution is -0.121. The van der Waals surface area contributed by atoms with Crippen molar-refractivity contribution in [2.24, 2.45) is 5.10 Å². The van der Waals surface area contributed by atoms with Gasteiger partial charge in [-0.3, -0.25) is 9.69 Å². The minimum Gasteiger partial charge on any atom is -0.494 e. The predicted molar refractivity (Wildman–Crippen MR) is 113 cm³/mol. The second kappa shape index (κ2) is 10.5. The fourth-order valence-corrected chi connectivity index (χ4v) is 3.18. The molecule has 2 aromatic carbocycles. The largest absolute Gasteiger partial charge is 0.494 e. The molecule has 0 saturated carbocycles. The van der Waals surface area contributed by atoms with Crippen LogP contribution in [0, 0.1) is 0 Å². The molecule has 6 nitrogen and oxygen atoms in total. The molecule has 2 aromatic rings. The number of benzene rings is 2. The number of para-hydroxylation sites is 1. The van der Waals surface area contributed by atoms with Crippen molar-refractivity contribution in [2.45, 2.75) is 13.3 Å². The molecule has 1 N–H and O–H groups in total. The molecule has 6 heteroatoms. The topological polar surface area (TPSA) is 57.2 Å². The number of hydrogen-bond acceptors (Lipinski definition) is 5. The van der Waals surface area contributed by atoms with E-state index in [0.29, 0.717) is 13.0 Å². The minimum atomic E-state index is -0.0623. The van der Waals surface area contributed by atoms with E-state index in [1.54, 1.807) is 6.21 Å². The fraction of sp³-hybridized carbons (Fsp3) is 0.364. The second-order valence-electron chi connectivity index (χ2n) is 6.71. The van der Waals surface area contributed by atoms with E-state index in [0.717, 1.165) is 44.0 Å². The molecule has 1 heterocycles. The van der Waals surface area contributed by atoms with Crippen LogP contribution in [0.2, 0.25) is 0 Å². The molecule has 0 atom stereocenters. The monoisotopic (exact) mass is 380 g/mol. The molecule has 0 bridgehead atoms.